The Bertz CT molecular complexity index is 314. The van der Waals surface area contributed by atoms with E-state index < -0.39 is 0 Å². The monoisotopic (exact) mass is 252 g/mol. The predicted octanol–water partition coefficient (Wildman–Crippen LogP) is 1.58. The van der Waals surface area contributed by atoms with E-state index in [9.17, 15) is 0 Å². The summed E-state index contributed by atoms with van der Waals surface area (Å²) in [4.78, 5) is 0. The second-order valence-electron chi connectivity index (χ2n) is 4.28. The molecule has 1 heterocycles. The molecule has 0 amide bonds. The summed E-state index contributed by atoms with van der Waals surface area (Å²) in [6.45, 7) is 0.846. The van der Waals surface area contributed by atoms with Gasteiger partial charge in [-0.15, -0.1) is 0 Å². The third kappa shape index (κ3) is 4.00. The zero-order valence-corrected chi connectivity index (χ0v) is 10.8. The Kier molecular flexibility index (Phi) is 5.32. The van der Waals surface area contributed by atoms with Crippen molar-refractivity contribution >= 4 is 11.8 Å². The summed E-state index contributed by atoms with van der Waals surface area (Å²) in [5.41, 5.74) is 4.26. The highest BCUT2D eigenvalue weighted by Crippen LogP contribution is 2.18. The first-order valence-corrected chi connectivity index (χ1v) is 7.25. The number of nitrogens with one attached hydrogen (secondary N) is 1. The average molecular weight is 252 g/mol. The van der Waals surface area contributed by atoms with E-state index in [1.807, 2.05) is 17.8 Å². The minimum Gasteiger partial charge on any atom is -0.375 e. The molecule has 0 bridgehead atoms. The molecular formula is C13H20N2OS. The quantitative estimate of drug-likeness (QED) is 0.617. The van der Waals surface area contributed by atoms with Crippen LogP contribution in [-0.4, -0.2) is 30.3 Å². The lowest BCUT2D eigenvalue weighted by Crippen LogP contribution is -2.48. The molecule has 2 rings (SSSR count). The molecule has 0 spiro atoms. The van der Waals surface area contributed by atoms with Crippen LogP contribution in [0.2, 0.25) is 0 Å². The Morgan fingerprint density at radius 3 is 2.88 bits per heavy atom. The Morgan fingerprint density at radius 2 is 2.24 bits per heavy atom. The normalized spacial score (nSPS) is 22.3. The SMILES string of the molecule is NNC(CCc1ccccc1)C1CSCCO1. The molecule has 2 unspecified atom stereocenters. The molecule has 3 N–H and O–H groups in total. The summed E-state index contributed by atoms with van der Waals surface area (Å²) >= 11 is 1.95. The Labute approximate surface area is 107 Å². The van der Waals surface area contributed by atoms with Crippen molar-refractivity contribution in [2.75, 3.05) is 18.1 Å². The van der Waals surface area contributed by atoms with E-state index in [0.29, 0.717) is 0 Å². The molecule has 1 saturated heterocycles. The maximum absolute atomic E-state index is 5.76. The molecule has 1 aliphatic rings. The summed E-state index contributed by atoms with van der Waals surface area (Å²) < 4.78 is 5.76. The fourth-order valence-electron chi connectivity index (χ4n) is 2.08. The zero-order chi connectivity index (χ0) is 11.9. The summed E-state index contributed by atoms with van der Waals surface area (Å²) in [7, 11) is 0. The summed E-state index contributed by atoms with van der Waals surface area (Å²) in [5.74, 6) is 7.78. The van der Waals surface area contributed by atoms with Crippen molar-refractivity contribution in [3.8, 4) is 0 Å². The first-order chi connectivity index (χ1) is 8.40. The van der Waals surface area contributed by atoms with Crippen LogP contribution in [0.4, 0.5) is 0 Å². The molecule has 4 heteroatoms. The number of hydrogen-bond donors (Lipinski definition) is 2. The molecule has 1 aromatic carbocycles. The Balaban J connectivity index is 1.82. The number of aryl methyl sites for hydroxylation is 1. The van der Waals surface area contributed by atoms with Crippen molar-refractivity contribution in [2.45, 2.75) is 25.0 Å². The molecule has 1 aromatic rings. The van der Waals surface area contributed by atoms with Gasteiger partial charge in [-0.3, -0.25) is 11.3 Å². The smallest absolute Gasteiger partial charge is 0.0832 e. The van der Waals surface area contributed by atoms with Crippen molar-refractivity contribution in [3.63, 3.8) is 0 Å². The molecule has 0 aromatic heterocycles. The fourth-order valence-corrected chi connectivity index (χ4v) is 3.02. The standard InChI is InChI=1S/C13H20N2OS/c14-15-12(13-10-17-9-8-16-13)7-6-11-4-2-1-3-5-11/h1-5,12-13,15H,6-10,14H2. The van der Waals surface area contributed by atoms with Gasteiger partial charge < -0.3 is 4.74 Å². The highest BCUT2D eigenvalue weighted by Gasteiger charge is 2.23. The first-order valence-electron chi connectivity index (χ1n) is 6.09. The predicted molar refractivity (Wildman–Crippen MR) is 72.9 cm³/mol. The number of nitrogens with two attached hydrogens (primary N) is 1. The van der Waals surface area contributed by atoms with Gasteiger partial charge in [0.05, 0.1) is 12.7 Å². The van der Waals surface area contributed by atoms with Crippen LogP contribution in [0.15, 0.2) is 30.3 Å². The van der Waals surface area contributed by atoms with E-state index in [-0.39, 0.29) is 12.1 Å². The van der Waals surface area contributed by atoms with Gasteiger partial charge in [-0.05, 0) is 18.4 Å². The highest BCUT2D eigenvalue weighted by molar-refractivity contribution is 7.99. The number of benzene rings is 1. The van der Waals surface area contributed by atoms with Gasteiger partial charge in [0.15, 0.2) is 0 Å². The fraction of sp³-hybridized carbons (Fsp3) is 0.538. The van der Waals surface area contributed by atoms with Crippen LogP contribution in [0.3, 0.4) is 0 Å². The molecule has 94 valence electrons. The minimum atomic E-state index is 0.252. The van der Waals surface area contributed by atoms with Gasteiger partial charge in [0.1, 0.15) is 0 Å². The zero-order valence-electron chi connectivity index (χ0n) is 9.97. The first kappa shape index (κ1) is 12.9. The lowest BCUT2D eigenvalue weighted by atomic mass is 10.0. The molecule has 1 aliphatic heterocycles. The lowest BCUT2D eigenvalue weighted by molar-refractivity contribution is 0.0449. The number of ether oxygens (including phenoxy) is 1. The topological polar surface area (TPSA) is 47.3 Å². The minimum absolute atomic E-state index is 0.252. The van der Waals surface area contributed by atoms with Crippen LogP contribution in [0.1, 0.15) is 12.0 Å². The largest absolute Gasteiger partial charge is 0.375 e. The van der Waals surface area contributed by atoms with E-state index in [1.54, 1.807) is 0 Å². The van der Waals surface area contributed by atoms with Crippen molar-refractivity contribution in [2.24, 2.45) is 5.84 Å². The molecule has 3 nitrogen and oxygen atoms in total. The molecule has 0 radical (unpaired) electrons. The van der Waals surface area contributed by atoms with E-state index in [0.717, 1.165) is 31.0 Å². The number of thioether (sulfide) groups is 1. The van der Waals surface area contributed by atoms with E-state index in [2.05, 4.69) is 29.7 Å². The second-order valence-corrected chi connectivity index (χ2v) is 5.43. The third-order valence-electron chi connectivity index (χ3n) is 3.09. The molecular weight excluding hydrogens is 232 g/mol. The van der Waals surface area contributed by atoms with Crippen LogP contribution < -0.4 is 11.3 Å². The van der Waals surface area contributed by atoms with Crippen molar-refractivity contribution in [1.29, 1.82) is 0 Å². The van der Waals surface area contributed by atoms with Gasteiger partial charge in [0.2, 0.25) is 0 Å². The maximum atomic E-state index is 5.76. The van der Waals surface area contributed by atoms with Gasteiger partial charge in [0, 0.05) is 17.5 Å². The van der Waals surface area contributed by atoms with Crippen LogP contribution in [-0.2, 0) is 11.2 Å². The van der Waals surface area contributed by atoms with Crippen molar-refractivity contribution in [1.82, 2.24) is 5.43 Å². The molecule has 0 aliphatic carbocycles. The van der Waals surface area contributed by atoms with Gasteiger partial charge in [-0.1, -0.05) is 30.3 Å². The molecule has 0 saturated carbocycles. The summed E-state index contributed by atoms with van der Waals surface area (Å²) in [5, 5.41) is 0. The van der Waals surface area contributed by atoms with Crippen LogP contribution >= 0.6 is 11.8 Å². The van der Waals surface area contributed by atoms with Crippen molar-refractivity contribution < 1.29 is 4.74 Å². The van der Waals surface area contributed by atoms with Crippen molar-refractivity contribution in [3.05, 3.63) is 35.9 Å². The van der Waals surface area contributed by atoms with E-state index in [1.165, 1.54) is 5.56 Å². The van der Waals surface area contributed by atoms with Crippen LogP contribution in [0.25, 0.3) is 0 Å². The Morgan fingerprint density at radius 1 is 1.41 bits per heavy atom. The van der Waals surface area contributed by atoms with Gasteiger partial charge in [-0.2, -0.15) is 11.8 Å². The van der Waals surface area contributed by atoms with E-state index >= 15 is 0 Å². The molecule has 1 fully saturated rings. The lowest BCUT2D eigenvalue weighted by Gasteiger charge is -2.29. The number of hydrogen-bond acceptors (Lipinski definition) is 4. The van der Waals surface area contributed by atoms with Gasteiger partial charge >= 0.3 is 0 Å². The number of rotatable bonds is 5. The second kappa shape index (κ2) is 7.01. The van der Waals surface area contributed by atoms with Gasteiger partial charge in [-0.25, -0.2) is 0 Å². The average Bonchev–Trinajstić information content (AvgIpc) is 2.42. The third-order valence-corrected chi connectivity index (χ3v) is 4.11. The van der Waals surface area contributed by atoms with E-state index in [4.69, 9.17) is 10.6 Å². The summed E-state index contributed by atoms with van der Waals surface area (Å²) in [6.07, 6.45) is 2.31. The molecule has 2 atom stereocenters. The summed E-state index contributed by atoms with van der Waals surface area (Å²) in [6, 6.07) is 10.8. The van der Waals surface area contributed by atoms with Gasteiger partial charge in [0.25, 0.3) is 0 Å². The highest BCUT2D eigenvalue weighted by atomic mass is 32.2. The maximum Gasteiger partial charge on any atom is 0.0832 e. The Hall–Kier alpha value is -0.550. The number of hydrazine groups is 1. The molecule has 17 heavy (non-hydrogen) atoms. The van der Waals surface area contributed by atoms with Crippen LogP contribution in [0, 0.1) is 0 Å². The van der Waals surface area contributed by atoms with Crippen LogP contribution in [0.5, 0.6) is 0 Å².